The minimum Gasteiger partial charge on any atom is -0.478 e. The number of benzene rings is 8. The smallest absolute Gasteiger partial charge is 0.478 e. The van der Waals surface area contributed by atoms with Crippen LogP contribution in [0.15, 0.2) is 174 Å². The van der Waals surface area contributed by atoms with Crippen molar-refractivity contribution in [1.29, 1.82) is 0 Å². The molecule has 0 spiro atoms. The van der Waals surface area contributed by atoms with Gasteiger partial charge in [0.15, 0.2) is 31.2 Å². The van der Waals surface area contributed by atoms with Crippen molar-refractivity contribution < 1.29 is 61.4 Å². The third-order valence-corrected chi connectivity index (χ3v) is 20.7. The summed E-state index contributed by atoms with van der Waals surface area (Å²) in [5.74, 6) is -1.57. The van der Waals surface area contributed by atoms with Gasteiger partial charge in [0.1, 0.15) is 28.3 Å². The molecule has 14 rings (SSSR count). The number of aromatic carboxylic acids is 2. The van der Waals surface area contributed by atoms with Crippen LogP contribution in [0.4, 0.5) is 0 Å². The normalized spacial score (nSPS) is 14.6. The average molecular weight is 1530 g/mol. The van der Waals surface area contributed by atoms with Crippen LogP contribution in [0.25, 0.3) is 77.4 Å². The number of carbonyl (C=O) groups excluding carboxylic acids is 2. The molecule has 0 bridgehead atoms. The highest BCUT2D eigenvalue weighted by molar-refractivity contribution is 9.10. The number of rotatable bonds is 11. The molecule has 98 heavy (non-hydrogen) atoms. The molecule has 6 heterocycles. The molecular formula is C67H62BBrCl5N9O13S2. The van der Waals surface area contributed by atoms with Crippen molar-refractivity contribution in [3.05, 3.63) is 217 Å². The Labute approximate surface area is 596 Å². The molecule has 0 saturated carbocycles. The molecule has 0 amide bonds. The van der Waals surface area contributed by atoms with Crippen LogP contribution in [-0.2, 0) is 19.7 Å². The van der Waals surface area contributed by atoms with Crippen LogP contribution < -0.4 is 11.2 Å². The predicted molar refractivity (Wildman–Crippen MR) is 391 cm³/mol. The summed E-state index contributed by atoms with van der Waals surface area (Å²) in [5, 5.41) is 77.8. The van der Waals surface area contributed by atoms with Gasteiger partial charge in [0.25, 0.3) is 0 Å². The van der Waals surface area contributed by atoms with E-state index in [1.807, 2.05) is 66.7 Å². The number of aliphatic hydroxyl groups excluding tert-OH is 1. The standard InChI is InChI=1S/C19H17ClN2O3S.2C14H9ClN2O2.C9H7BrN2O2.C6H6BClO2.C4H9NO2S.CH4.ClH/c20-16-4-2-1-3-14(16)19-15-6-5-13(10-17(15)21-22-19)18(23)9-12-7-8-26(24,25)11-12;2*15-11-4-2-1-3-9(11)13-10-6-5-8(14(18)19)7-12(10)16-17-13;10-9-6-2-1-5(8(14)4-13)3-7(6)11-12-9;8-6-4-2-1-3-5(6)7(9)10;5-4-1-2-8(6,7)3-4;;/h1-6,10,12H,7-9,11H2,(H,21,22);2*1-7H,(H,16,17)(H,18,19);1-3,13H,4H2,(H,11,12);1-4,9-10H;4H,1-3,5H2;1H4;1H. The Morgan fingerprint density at radius 2 is 0.898 bits per heavy atom. The lowest BCUT2D eigenvalue weighted by atomic mass is 9.80. The lowest BCUT2D eigenvalue weighted by Crippen LogP contribution is -2.30. The van der Waals surface area contributed by atoms with Crippen molar-refractivity contribution in [2.45, 2.75) is 32.7 Å². The number of sulfone groups is 2. The van der Waals surface area contributed by atoms with Crippen molar-refractivity contribution in [3.8, 4) is 33.8 Å². The number of halogens is 6. The zero-order valence-electron chi connectivity index (χ0n) is 50.5. The van der Waals surface area contributed by atoms with E-state index >= 15 is 0 Å². The fourth-order valence-electron chi connectivity index (χ4n) is 10.2. The van der Waals surface area contributed by atoms with Gasteiger partial charge in [-0.05, 0) is 120 Å². The molecule has 12 aromatic rings. The third kappa shape index (κ3) is 19.5. The highest BCUT2D eigenvalue weighted by Gasteiger charge is 2.30. The summed E-state index contributed by atoms with van der Waals surface area (Å²) in [4.78, 5) is 45.5. The number of carbonyl (C=O) groups is 4. The van der Waals surface area contributed by atoms with E-state index < -0.39 is 45.3 Å². The van der Waals surface area contributed by atoms with Crippen LogP contribution in [0.3, 0.4) is 0 Å². The number of aliphatic hydroxyl groups is 1. The van der Waals surface area contributed by atoms with Gasteiger partial charge < -0.3 is 31.1 Å². The molecule has 2 aliphatic heterocycles. The minimum absolute atomic E-state index is 0. The van der Waals surface area contributed by atoms with Gasteiger partial charge in [-0.25, -0.2) is 26.4 Å². The summed E-state index contributed by atoms with van der Waals surface area (Å²) >= 11 is 27.5. The number of H-pyrrole nitrogens is 4. The first-order valence-electron chi connectivity index (χ1n) is 29.0. The minimum atomic E-state index is -2.97. The van der Waals surface area contributed by atoms with E-state index in [1.54, 1.807) is 103 Å². The topological polar surface area (TPSA) is 378 Å². The Hall–Kier alpha value is -8.35. The van der Waals surface area contributed by atoms with Crippen LogP contribution in [0.1, 0.15) is 68.1 Å². The second-order valence-electron chi connectivity index (χ2n) is 21.9. The van der Waals surface area contributed by atoms with Gasteiger partial charge in [-0.2, -0.15) is 20.4 Å². The number of nitrogens with zero attached hydrogens (tertiary/aromatic N) is 4. The highest BCUT2D eigenvalue weighted by atomic mass is 79.9. The number of nitrogens with one attached hydrogen (secondary N) is 4. The van der Waals surface area contributed by atoms with Crippen molar-refractivity contribution in [2.75, 3.05) is 29.6 Å². The van der Waals surface area contributed by atoms with Crippen LogP contribution >= 0.6 is 74.7 Å². The zero-order valence-corrected chi connectivity index (χ0v) is 57.6. The Kier molecular flexibility index (Phi) is 27.1. The predicted octanol–water partition coefficient (Wildman–Crippen LogP) is 12.8. The number of carboxylic acids is 2. The number of aromatic amines is 4. The molecule has 4 aromatic heterocycles. The lowest BCUT2D eigenvalue weighted by molar-refractivity contribution is 0.0686. The molecule has 2 fully saturated rings. The third-order valence-electron chi connectivity index (χ3n) is 15.1. The fraction of sp³-hybridized carbons (Fsp3) is 0.164. The maximum Gasteiger partial charge on any atom is 0.489 e. The zero-order chi connectivity index (χ0) is 69.0. The molecular weight excluding hydrogens is 1470 g/mol. The van der Waals surface area contributed by atoms with Crippen molar-refractivity contribution in [3.63, 3.8) is 0 Å². The summed E-state index contributed by atoms with van der Waals surface area (Å²) in [6, 6.07) is 49.0. The van der Waals surface area contributed by atoms with E-state index in [1.165, 1.54) is 0 Å². The summed E-state index contributed by atoms with van der Waals surface area (Å²) in [6.45, 7) is -0.475. The number of carboxylic acid groups (broad SMARTS) is 2. The number of Topliss-reactive ketones (excluding diaryl/α,β-unsaturated/α-hetero) is 2. The molecule has 8 aromatic carbocycles. The summed E-state index contributed by atoms with van der Waals surface area (Å²) < 4.78 is 45.0. The van der Waals surface area contributed by atoms with Crippen LogP contribution in [-0.4, -0.2) is 149 Å². The largest absolute Gasteiger partial charge is 0.489 e. The molecule has 11 N–H and O–H groups in total. The first kappa shape index (κ1) is 77.0. The lowest BCUT2D eigenvalue weighted by Gasteiger charge is -2.07. The molecule has 510 valence electrons. The van der Waals surface area contributed by atoms with Crippen molar-refractivity contribution >= 4 is 174 Å². The van der Waals surface area contributed by atoms with E-state index in [4.69, 9.17) is 77.5 Å². The molecule has 2 aliphatic rings. The monoisotopic (exact) mass is 1530 g/mol. The van der Waals surface area contributed by atoms with Crippen molar-refractivity contribution in [2.24, 2.45) is 11.7 Å². The number of fused-ring (bicyclic) bond motifs is 4. The van der Waals surface area contributed by atoms with Gasteiger partial charge in [0, 0.05) is 72.3 Å². The van der Waals surface area contributed by atoms with E-state index in [0.29, 0.717) is 66.1 Å². The number of ketones is 2. The Morgan fingerprint density at radius 3 is 1.26 bits per heavy atom. The SMILES string of the molecule is C.Cl.NC1CCS(=O)(=O)C1.O=C(CC1CCS(=O)(=O)C1)c1ccc2c(-c3ccccc3Cl)n[nH]c2c1.O=C(CO)c1ccc2c(Br)[nH]nc2c1.O=C(O)c1ccc2c(-c3ccccc3Cl)n[nH]c2c1.O=C(O)c1ccc2c(-c3ccccc3Cl)n[nH]c2c1.OB(O)c1ccccc1Cl. The highest BCUT2D eigenvalue weighted by Crippen LogP contribution is 2.35. The fourth-order valence-corrected chi connectivity index (χ4v) is 15.1. The first-order chi connectivity index (χ1) is 45.8. The van der Waals surface area contributed by atoms with E-state index in [2.05, 4.69) is 56.7 Å². The summed E-state index contributed by atoms with van der Waals surface area (Å²) in [5.41, 5.74) is 14.6. The van der Waals surface area contributed by atoms with E-state index in [9.17, 15) is 36.0 Å². The maximum atomic E-state index is 12.5. The van der Waals surface area contributed by atoms with Gasteiger partial charge in [-0.15, -0.1) is 12.4 Å². The Balaban J connectivity index is 0.000000171. The number of nitrogens with two attached hydrogens (primary N) is 1. The molecule has 2 unspecified atom stereocenters. The van der Waals surface area contributed by atoms with Crippen LogP contribution in [0.2, 0.25) is 20.1 Å². The van der Waals surface area contributed by atoms with E-state index in [-0.39, 0.29) is 83.9 Å². The second kappa shape index (κ2) is 34.4. The molecule has 0 radical (unpaired) electrons. The van der Waals surface area contributed by atoms with Crippen LogP contribution in [0, 0.1) is 5.92 Å². The van der Waals surface area contributed by atoms with Gasteiger partial charge in [0.05, 0.1) is 71.3 Å². The van der Waals surface area contributed by atoms with Gasteiger partial charge in [0.2, 0.25) is 0 Å². The summed E-state index contributed by atoms with van der Waals surface area (Å²) in [7, 11) is -7.17. The van der Waals surface area contributed by atoms with Crippen molar-refractivity contribution in [1.82, 2.24) is 40.8 Å². The molecule has 31 heteroatoms. The Bertz CT molecular complexity index is 4960. The number of hydrogen-bond donors (Lipinski definition) is 10. The summed E-state index contributed by atoms with van der Waals surface area (Å²) in [6.07, 6.45) is 1.47. The first-order valence-corrected chi connectivity index (χ1v) is 35.0. The molecule has 0 aliphatic carbocycles. The average Bonchev–Trinajstić information content (AvgIpc) is 1.63. The molecule has 22 nitrogen and oxygen atoms in total. The van der Waals surface area contributed by atoms with Gasteiger partial charge >= 0.3 is 19.1 Å². The van der Waals surface area contributed by atoms with Gasteiger partial charge in [-0.3, -0.25) is 30.0 Å². The number of aromatic nitrogens is 8. The maximum absolute atomic E-state index is 12.5. The van der Waals surface area contributed by atoms with E-state index in [0.717, 1.165) is 65.4 Å². The second-order valence-corrected chi connectivity index (χ2v) is 28.7. The molecule has 2 atom stereocenters. The van der Waals surface area contributed by atoms with Crippen LogP contribution in [0.5, 0.6) is 0 Å². The quantitative estimate of drug-likeness (QED) is 0.0425. The Morgan fingerprint density at radius 1 is 0.510 bits per heavy atom. The molecule has 2 saturated heterocycles. The van der Waals surface area contributed by atoms with Gasteiger partial charge in [-0.1, -0.05) is 139 Å². The number of hydrogen-bond acceptors (Lipinski definition) is 16.